The second-order valence-electron chi connectivity index (χ2n) is 5.06. The smallest absolute Gasteiger partial charge is 0.368 e. The Morgan fingerprint density at radius 3 is 2.62 bits per heavy atom. The zero-order valence-corrected chi connectivity index (χ0v) is 11.7. The van der Waals surface area contributed by atoms with Gasteiger partial charge in [-0.15, -0.1) is 0 Å². The molecule has 0 bridgehead atoms. The maximum Gasteiger partial charge on any atom is 0.433 e. The van der Waals surface area contributed by atoms with E-state index in [1.807, 2.05) is 0 Å². The van der Waals surface area contributed by atoms with E-state index in [9.17, 15) is 18.0 Å². The van der Waals surface area contributed by atoms with Crippen molar-refractivity contribution >= 4 is 17.7 Å². The van der Waals surface area contributed by atoms with Crippen LogP contribution in [0.4, 0.5) is 24.9 Å². The average Bonchev–Trinajstić information content (AvgIpc) is 2.86. The van der Waals surface area contributed by atoms with Crippen molar-refractivity contribution in [2.45, 2.75) is 25.1 Å². The first-order valence-corrected chi connectivity index (χ1v) is 6.39. The van der Waals surface area contributed by atoms with Crippen molar-refractivity contribution in [2.24, 2.45) is 5.73 Å². The molecule has 1 saturated heterocycles. The van der Waals surface area contributed by atoms with Gasteiger partial charge in [0.25, 0.3) is 0 Å². The Kier molecular flexibility index (Phi) is 3.93. The van der Waals surface area contributed by atoms with Crippen LogP contribution in [0.5, 0.6) is 0 Å². The van der Waals surface area contributed by atoms with E-state index in [1.54, 1.807) is 14.1 Å². The van der Waals surface area contributed by atoms with E-state index in [2.05, 4.69) is 9.97 Å². The molecule has 0 aromatic carbocycles. The maximum atomic E-state index is 12.9. The Balaban J connectivity index is 2.47. The van der Waals surface area contributed by atoms with E-state index in [0.29, 0.717) is 19.4 Å². The van der Waals surface area contributed by atoms with Crippen LogP contribution >= 0.6 is 0 Å². The van der Waals surface area contributed by atoms with Crippen LogP contribution in [0.1, 0.15) is 18.5 Å². The topological polar surface area (TPSA) is 75.3 Å². The zero-order valence-electron chi connectivity index (χ0n) is 11.7. The number of aromatic nitrogens is 2. The highest BCUT2D eigenvalue weighted by atomic mass is 19.4. The first-order chi connectivity index (χ1) is 9.70. The fraction of sp³-hybridized carbons (Fsp3) is 0.583. The Bertz CT molecular complexity index is 546. The second-order valence-corrected chi connectivity index (χ2v) is 5.06. The molecule has 2 N–H and O–H groups in total. The molecule has 1 aliphatic heterocycles. The number of hydrogen-bond donors (Lipinski definition) is 1. The summed E-state index contributed by atoms with van der Waals surface area (Å²) in [4.78, 5) is 21.9. The van der Waals surface area contributed by atoms with E-state index in [4.69, 9.17) is 5.73 Å². The number of halogens is 3. The number of carbonyl (C=O) groups excluding carboxylic acids is 1. The number of primary amides is 1. The van der Waals surface area contributed by atoms with Crippen molar-refractivity contribution in [1.82, 2.24) is 9.97 Å². The van der Waals surface area contributed by atoms with Gasteiger partial charge in [-0.1, -0.05) is 0 Å². The van der Waals surface area contributed by atoms with Gasteiger partial charge in [-0.3, -0.25) is 4.79 Å². The molecule has 0 spiro atoms. The Hall–Kier alpha value is -2.06. The summed E-state index contributed by atoms with van der Waals surface area (Å²) in [6.45, 7) is 0.405. The molecule has 9 heteroatoms. The van der Waals surface area contributed by atoms with Gasteiger partial charge in [-0.2, -0.15) is 18.2 Å². The van der Waals surface area contributed by atoms with Crippen LogP contribution in [0.15, 0.2) is 6.07 Å². The zero-order chi connectivity index (χ0) is 15.8. The Labute approximate surface area is 119 Å². The summed E-state index contributed by atoms with van der Waals surface area (Å²) in [5.74, 6) is -0.572. The van der Waals surface area contributed by atoms with E-state index in [1.165, 1.54) is 9.80 Å². The summed E-state index contributed by atoms with van der Waals surface area (Å²) in [5.41, 5.74) is 4.24. The molecule has 1 aromatic heterocycles. The van der Waals surface area contributed by atoms with Gasteiger partial charge in [-0.25, -0.2) is 4.98 Å². The van der Waals surface area contributed by atoms with Crippen molar-refractivity contribution in [3.05, 3.63) is 11.8 Å². The lowest BCUT2D eigenvalue weighted by atomic mass is 10.2. The SMILES string of the molecule is CN(C)c1cc(C(F)(F)F)nc(N2CCCC2C(N)=O)n1. The van der Waals surface area contributed by atoms with Gasteiger partial charge < -0.3 is 15.5 Å². The predicted octanol–water partition coefficient (Wildman–Crippen LogP) is 1.02. The maximum absolute atomic E-state index is 12.9. The first-order valence-electron chi connectivity index (χ1n) is 6.39. The molecule has 0 radical (unpaired) electrons. The third-order valence-corrected chi connectivity index (χ3v) is 3.29. The minimum atomic E-state index is -4.58. The number of alkyl halides is 3. The van der Waals surface area contributed by atoms with Crippen LogP contribution in [0.2, 0.25) is 0 Å². The molecule has 116 valence electrons. The molecule has 2 heterocycles. The number of amides is 1. The summed E-state index contributed by atoms with van der Waals surface area (Å²) in [5, 5.41) is 0. The molecule has 6 nitrogen and oxygen atoms in total. The normalized spacial score (nSPS) is 18.9. The minimum Gasteiger partial charge on any atom is -0.368 e. The highest BCUT2D eigenvalue weighted by Crippen LogP contribution is 2.32. The van der Waals surface area contributed by atoms with E-state index in [0.717, 1.165) is 6.07 Å². The summed E-state index contributed by atoms with van der Waals surface area (Å²) in [6, 6.07) is 0.210. The van der Waals surface area contributed by atoms with E-state index in [-0.39, 0.29) is 11.8 Å². The predicted molar refractivity (Wildman–Crippen MR) is 70.9 cm³/mol. The summed E-state index contributed by atoms with van der Waals surface area (Å²) in [6.07, 6.45) is -3.43. The van der Waals surface area contributed by atoms with Crippen LogP contribution in [0.25, 0.3) is 0 Å². The summed E-state index contributed by atoms with van der Waals surface area (Å²) >= 11 is 0. The van der Waals surface area contributed by atoms with Crippen LogP contribution in [0.3, 0.4) is 0 Å². The van der Waals surface area contributed by atoms with Gasteiger partial charge in [0.05, 0.1) is 0 Å². The molecule has 0 aliphatic carbocycles. The lowest BCUT2D eigenvalue weighted by Crippen LogP contribution is -2.41. The standard InChI is InChI=1S/C12H16F3N5O/c1-19(2)9-6-8(12(13,14)15)17-11(18-9)20-5-3-4-7(20)10(16)21/h6-7H,3-5H2,1-2H3,(H2,16,21). The quantitative estimate of drug-likeness (QED) is 0.902. The van der Waals surface area contributed by atoms with Gasteiger partial charge in [0.15, 0.2) is 5.69 Å². The summed E-state index contributed by atoms with van der Waals surface area (Å²) < 4.78 is 38.8. The molecule has 21 heavy (non-hydrogen) atoms. The number of rotatable bonds is 3. The van der Waals surface area contributed by atoms with E-state index < -0.39 is 23.8 Å². The lowest BCUT2D eigenvalue weighted by Gasteiger charge is -2.24. The largest absolute Gasteiger partial charge is 0.433 e. The highest BCUT2D eigenvalue weighted by Gasteiger charge is 2.37. The number of nitrogens with zero attached hydrogens (tertiary/aromatic N) is 4. The molecule has 1 fully saturated rings. The molecule has 2 rings (SSSR count). The molecule has 1 unspecified atom stereocenters. The molecular formula is C12H16F3N5O. The van der Waals surface area contributed by atoms with Gasteiger partial charge in [-0.05, 0) is 12.8 Å². The molecule has 1 aromatic rings. The number of hydrogen-bond acceptors (Lipinski definition) is 5. The third kappa shape index (κ3) is 3.17. The number of carbonyl (C=O) groups is 1. The summed E-state index contributed by atoms with van der Waals surface area (Å²) in [7, 11) is 3.17. The number of nitrogens with two attached hydrogens (primary N) is 1. The fourth-order valence-electron chi connectivity index (χ4n) is 2.23. The lowest BCUT2D eigenvalue weighted by molar-refractivity contribution is -0.141. The van der Waals surface area contributed by atoms with Crippen LogP contribution in [0, 0.1) is 0 Å². The van der Waals surface area contributed by atoms with Crippen molar-refractivity contribution in [2.75, 3.05) is 30.4 Å². The Morgan fingerprint density at radius 2 is 2.10 bits per heavy atom. The van der Waals surface area contributed by atoms with Crippen molar-refractivity contribution < 1.29 is 18.0 Å². The van der Waals surface area contributed by atoms with Crippen LogP contribution in [-0.4, -0.2) is 42.6 Å². The van der Waals surface area contributed by atoms with Crippen molar-refractivity contribution in [3.8, 4) is 0 Å². The monoisotopic (exact) mass is 303 g/mol. The fourth-order valence-corrected chi connectivity index (χ4v) is 2.23. The van der Waals surface area contributed by atoms with Crippen molar-refractivity contribution in [1.29, 1.82) is 0 Å². The van der Waals surface area contributed by atoms with Crippen LogP contribution < -0.4 is 15.5 Å². The first kappa shape index (κ1) is 15.3. The molecule has 1 amide bonds. The van der Waals surface area contributed by atoms with Gasteiger partial charge in [0.1, 0.15) is 11.9 Å². The molecule has 1 atom stereocenters. The third-order valence-electron chi connectivity index (χ3n) is 3.29. The Morgan fingerprint density at radius 1 is 1.43 bits per heavy atom. The van der Waals surface area contributed by atoms with Crippen molar-refractivity contribution in [3.63, 3.8) is 0 Å². The van der Waals surface area contributed by atoms with Gasteiger partial charge in [0, 0.05) is 26.7 Å². The van der Waals surface area contributed by atoms with Gasteiger partial charge >= 0.3 is 6.18 Å². The van der Waals surface area contributed by atoms with Crippen LogP contribution in [-0.2, 0) is 11.0 Å². The molecular weight excluding hydrogens is 287 g/mol. The number of anilines is 2. The second kappa shape index (κ2) is 5.38. The highest BCUT2D eigenvalue weighted by molar-refractivity contribution is 5.83. The van der Waals surface area contributed by atoms with E-state index >= 15 is 0 Å². The van der Waals surface area contributed by atoms with Gasteiger partial charge in [0.2, 0.25) is 11.9 Å². The average molecular weight is 303 g/mol. The molecule has 1 aliphatic rings. The molecule has 0 saturated carbocycles. The minimum absolute atomic E-state index is 0.116.